The van der Waals surface area contributed by atoms with Crippen LogP contribution in [0.15, 0.2) is 66.9 Å². The Morgan fingerprint density at radius 1 is 0.750 bits per heavy atom. The van der Waals surface area contributed by atoms with Gasteiger partial charge in [-0.15, -0.1) is 0 Å². The molecule has 1 aromatic heterocycles. The predicted molar refractivity (Wildman–Crippen MR) is 212 cm³/mol. The van der Waals surface area contributed by atoms with Gasteiger partial charge in [0.25, 0.3) is 0 Å². The Morgan fingerprint density at radius 3 is 1.98 bits per heavy atom. The number of imidazole rings is 1. The molecule has 56 heavy (non-hydrogen) atoms. The Hall–Kier alpha value is -5.92. The summed E-state index contributed by atoms with van der Waals surface area (Å²) < 4.78 is 9.47. The number of anilines is 1. The molecule has 0 spiro atoms. The van der Waals surface area contributed by atoms with Crippen LogP contribution in [0.5, 0.6) is 0 Å². The van der Waals surface area contributed by atoms with Gasteiger partial charge in [-0.1, -0.05) is 76.2 Å². The van der Waals surface area contributed by atoms with E-state index in [4.69, 9.17) is 9.47 Å². The van der Waals surface area contributed by atoms with Crippen molar-refractivity contribution in [3.05, 3.63) is 72.7 Å². The topological polar surface area (TPSA) is 175 Å². The number of carbonyl (C=O) groups excluding carboxylic acids is 5. The average molecular weight is 766 g/mol. The largest absolute Gasteiger partial charge is 0.453 e. The number of aromatic amines is 1. The van der Waals surface area contributed by atoms with Crippen molar-refractivity contribution in [3.8, 4) is 22.4 Å². The first-order chi connectivity index (χ1) is 26.9. The van der Waals surface area contributed by atoms with E-state index in [1.54, 1.807) is 16.0 Å². The van der Waals surface area contributed by atoms with Crippen molar-refractivity contribution in [1.29, 1.82) is 0 Å². The maximum Gasteiger partial charge on any atom is 0.407 e. The zero-order chi connectivity index (χ0) is 40.1. The molecule has 4 aromatic rings. The van der Waals surface area contributed by atoms with Crippen molar-refractivity contribution in [2.24, 2.45) is 11.8 Å². The minimum absolute atomic E-state index is 0.117. The zero-order valence-corrected chi connectivity index (χ0v) is 32.8. The summed E-state index contributed by atoms with van der Waals surface area (Å²) >= 11 is 0. The summed E-state index contributed by atoms with van der Waals surface area (Å²) in [4.78, 5) is 76.0. The van der Waals surface area contributed by atoms with Gasteiger partial charge in [-0.3, -0.25) is 14.4 Å². The predicted octanol–water partition coefficient (Wildman–Crippen LogP) is 6.25. The molecule has 296 valence electrons. The lowest BCUT2D eigenvalue weighted by Crippen LogP contribution is -2.54. The number of H-pyrrole nitrogens is 1. The normalized spacial score (nSPS) is 17.9. The van der Waals surface area contributed by atoms with Gasteiger partial charge in [0.2, 0.25) is 17.7 Å². The van der Waals surface area contributed by atoms with E-state index in [0.717, 1.165) is 46.0 Å². The molecule has 3 heterocycles. The number of hydrogen-bond acceptors (Lipinski definition) is 8. The minimum Gasteiger partial charge on any atom is -0.453 e. The van der Waals surface area contributed by atoms with Crippen molar-refractivity contribution < 1.29 is 33.4 Å². The average Bonchev–Trinajstić information content (AvgIpc) is 4.00. The molecule has 3 aromatic carbocycles. The molecule has 2 fully saturated rings. The fraction of sp³-hybridized carbons (Fsp3) is 0.429. The van der Waals surface area contributed by atoms with E-state index in [2.05, 4.69) is 32.0 Å². The van der Waals surface area contributed by atoms with E-state index >= 15 is 0 Å². The monoisotopic (exact) mass is 765 g/mol. The van der Waals surface area contributed by atoms with E-state index in [1.807, 2.05) is 82.3 Å². The highest BCUT2D eigenvalue weighted by atomic mass is 16.5. The van der Waals surface area contributed by atoms with Crippen LogP contribution in [-0.4, -0.2) is 95.1 Å². The first-order valence-corrected chi connectivity index (χ1v) is 19.2. The maximum absolute atomic E-state index is 13.6. The molecule has 5 amide bonds. The molecule has 4 atom stereocenters. The van der Waals surface area contributed by atoms with Gasteiger partial charge in [-0.2, -0.15) is 0 Å². The first kappa shape index (κ1) is 39.8. The van der Waals surface area contributed by atoms with Crippen molar-refractivity contribution >= 4 is 46.4 Å². The van der Waals surface area contributed by atoms with Crippen LogP contribution in [0.1, 0.15) is 65.2 Å². The Morgan fingerprint density at radius 2 is 1.34 bits per heavy atom. The Balaban J connectivity index is 1.14. The summed E-state index contributed by atoms with van der Waals surface area (Å²) in [6, 6.07) is 17.6. The highest BCUT2D eigenvalue weighted by molar-refractivity contribution is 6.06. The number of carbonyl (C=O) groups is 5. The van der Waals surface area contributed by atoms with Gasteiger partial charge in [0.1, 0.15) is 23.9 Å². The lowest BCUT2D eigenvalue weighted by atomic mass is 9.99. The van der Waals surface area contributed by atoms with Crippen molar-refractivity contribution in [1.82, 2.24) is 30.4 Å². The van der Waals surface area contributed by atoms with E-state index in [0.29, 0.717) is 37.4 Å². The van der Waals surface area contributed by atoms with Crippen molar-refractivity contribution in [3.63, 3.8) is 0 Å². The van der Waals surface area contributed by atoms with Gasteiger partial charge < -0.3 is 40.2 Å². The van der Waals surface area contributed by atoms with Gasteiger partial charge in [0.05, 0.1) is 32.2 Å². The number of methoxy groups -OCH3 is 2. The van der Waals surface area contributed by atoms with Crippen LogP contribution in [-0.2, 0) is 23.9 Å². The fourth-order valence-electron chi connectivity index (χ4n) is 7.66. The number of nitrogens with zero attached hydrogens (tertiary/aromatic N) is 3. The molecule has 0 bridgehead atoms. The molecule has 4 N–H and O–H groups in total. The first-order valence-electron chi connectivity index (χ1n) is 19.2. The van der Waals surface area contributed by atoms with Gasteiger partial charge in [-0.25, -0.2) is 14.6 Å². The minimum atomic E-state index is -0.806. The second-order valence-electron chi connectivity index (χ2n) is 15.1. The number of nitrogens with one attached hydrogen (secondary N) is 4. The third-order valence-corrected chi connectivity index (χ3v) is 10.7. The van der Waals surface area contributed by atoms with Crippen LogP contribution < -0.4 is 16.0 Å². The highest BCUT2D eigenvalue weighted by Gasteiger charge is 2.40. The number of benzene rings is 3. The van der Waals surface area contributed by atoms with Crippen LogP contribution in [0.25, 0.3) is 33.2 Å². The van der Waals surface area contributed by atoms with Gasteiger partial charge in [-0.05, 0) is 71.7 Å². The molecule has 2 saturated heterocycles. The van der Waals surface area contributed by atoms with E-state index in [9.17, 15) is 24.0 Å². The number of ether oxygens (including phenoxy) is 2. The van der Waals surface area contributed by atoms with E-state index < -0.39 is 30.3 Å². The maximum atomic E-state index is 13.6. The van der Waals surface area contributed by atoms with Gasteiger partial charge in [0.15, 0.2) is 0 Å². The van der Waals surface area contributed by atoms with Crippen LogP contribution in [0.2, 0.25) is 0 Å². The number of fused-ring (bicyclic) bond motifs is 1. The van der Waals surface area contributed by atoms with Crippen LogP contribution in [0.3, 0.4) is 0 Å². The van der Waals surface area contributed by atoms with Crippen molar-refractivity contribution in [2.45, 2.75) is 77.5 Å². The zero-order valence-electron chi connectivity index (χ0n) is 32.8. The molecule has 0 saturated carbocycles. The number of likely N-dealkylation sites (tertiary alicyclic amines) is 2. The summed E-state index contributed by atoms with van der Waals surface area (Å²) in [7, 11) is 2.53. The number of rotatable bonds is 11. The third kappa shape index (κ3) is 8.48. The number of amides is 5. The summed E-state index contributed by atoms with van der Waals surface area (Å²) in [5.41, 5.74) is 4.44. The molecular weight excluding hydrogens is 715 g/mol. The second kappa shape index (κ2) is 17.3. The molecule has 0 aliphatic carbocycles. The number of hydrogen-bond donors (Lipinski definition) is 4. The van der Waals surface area contributed by atoms with Gasteiger partial charge >= 0.3 is 12.2 Å². The smallest absolute Gasteiger partial charge is 0.407 e. The number of alkyl carbamates (subject to hydrolysis) is 2. The summed E-state index contributed by atoms with van der Waals surface area (Å²) in [5.74, 6) is -0.332. The lowest BCUT2D eigenvalue weighted by Gasteiger charge is -2.30. The Kier molecular flexibility index (Phi) is 12.3. The molecule has 2 aliphatic rings. The summed E-state index contributed by atoms with van der Waals surface area (Å²) in [6.45, 7) is 8.47. The molecule has 2 aliphatic heterocycles. The molecule has 6 rings (SSSR count). The van der Waals surface area contributed by atoms with Crippen LogP contribution >= 0.6 is 0 Å². The van der Waals surface area contributed by atoms with E-state index in [-0.39, 0.29) is 35.6 Å². The van der Waals surface area contributed by atoms with Crippen molar-refractivity contribution in [2.75, 3.05) is 32.6 Å². The molecular formula is C42H51N7O7. The SMILES string of the molecule is COC(=O)N[C@H](C(=O)N1CCC[C@H]1C(=O)Nc1cccc2cc(-c3ccc(-c4cnc([C@@H]5CCCN5C(=O)[C@@H](NC(=O)OC)C(C)C)[nH]4)cc3)ccc12)C(C)C. The third-order valence-electron chi connectivity index (χ3n) is 10.7. The Bertz CT molecular complexity index is 2080. The van der Waals surface area contributed by atoms with Crippen LogP contribution in [0.4, 0.5) is 15.3 Å². The molecule has 0 radical (unpaired) electrons. The quantitative estimate of drug-likeness (QED) is 0.139. The van der Waals surface area contributed by atoms with Gasteiger partial charge in [0, 0.05) is 24.2 Å². The Labute approximate surface area is 326 Å². The standard InChI is InChI=1S/C42H51N7O7/c1-24(2)35(46-41(53)55-5)39(51)48-20-8-12-33(48)37-43-23-32(44-37)27-16-14-26(15-17-27)28-18-19-30-29(22-28)10-7-11-31(30)45-38(50)34-13-9-21-49(34)40(52)36(25(3)4)47-42(54)56-6/h7,10-11,14-19,22-25,33-36H,8-9,12-13,20-21H2,1-6H3,(H,43,44)(H,45,50)(H,46,53)(H,47,54)/t33-,34-,35-,36-/m0/s1. The summed E-state index contributed by atoms with van der Waals surface area (Å²) in [5, 5.41) is 10.2. The second-order valence-corrected chi connectivity index (χ2v) is 15.1. The highest BCUT2D eigenvalue weighted by Crippen LogP contribution is 2.34. The summed E-state index contributed by atoms with van der Waals surface area (Å²) in [6.07, 6.45) is 3.27. The lowest BCUT2D eigenvalue weighted by molar-refractivity contribution is -0.139. The molecule has 14 heteroatoms. The molecule has 14 nitrogen and oxygen atoms in total. The van der Waals surface area contributed by atoms with E-state index in [1.165, 1.54) is 14.2 Å². The molecule has 0 unspecified atom stereocenters. The van der Waals surface area contributed by atoms with Crippen LogP contribution in [0, 0.1) is 11.8 Å². The number of aromatic nitrogens is 2. The fourth-order valence-corrected chi connectivity index (χ4v) is 7.66.